The minimum atomic E-state index is -3.45. The van der Waals surface area contributed by atoms with Crippen LogP contribution in [0.2, 0.25) is 0 Å². The van der Waals surface area contributed by atoms with E-state index in [2.05, 4.69) is 0 Å². The van der Waals surface area contributed by atoms with Gasteiger partial charge in [0.25, 0.3) is 0 Å². The van der Waals surface area contributed by atoms with Crippen molar-refractivity contribution in [2.24, 2.45) is 5.92 Å². The van der Waals surface area contributed by atoms with Gasteiger partial charge in [-0.3, -0.25) is 0 Å². The van der Waals surface area contributed by atoms with E-state index in [0.29, 0.717) is 31.2 Å². The van der Waals surface area contributed by atoms with Gasteiger partial charge in [-0.05, 0) is 30.2 Å². The quantitative estimate of drug-likeness (QED) is 0.709. The van der Waals surface area contributed by atoms with Gasteiger partial charge in [-0.25, -0.2) is 12.7 Å². The molecule has 0 spiro atoms. The maximum absolute atomic E-state index is 12.4. The van der Waals surface area contributed by atoms with Gasteiger partial charge in [0, 0.05) is 26.6 Å². The minimum absolute atomic E-state index is 0.0763. The molecular weight excluding hydrogens is 290 g/mol. The maximum Gasteiger partial charge on any atom is 0.242 e. The highest BCUT2D eigenvalue weighted by atomic mass is 32.2. The average Bonchev–Trinajstić information content (AvgIpc) is 2.47. The lowest BCUT2D eigenvalue weighted by Gasteiger charge is -2.20. The fourth-order valence-electron chi connectivity index (χ4n) is 1.81. The van der Waals surface area contributed by atoms with E-state index in [1.807, 2.05) is 13.8 Å². The Balaban J connectivity index is 2.75. The molecule has 5 nitrogen and oxygen atoms in total. The summed E-state index contributed by atoms with van der Waals surface area (Å²) < 4.78 is 31.6. The molecule has 120 valence electrons. The third-order valence-electron chi connectivity index (χ3n) is 3.37. The van der Waals surface area contributed by atoms with Gasteiger partial charge in [0.15, 0.2) is 0 Å². The van der Waals surface area contributed by atoms with Gasteiger partial charge in [0.05, 0.1) is 11.5 Å². The van der Waals surface area contributed by atoms with Gasteiger partial charge in [0.1, 0.15) is 5.75 Å². The number of rotatable bonds is 9. The van der Waals surface area contributed by atoms with Crippen LogP contribution >= 0.6 is 0 Å². The summed E-state index contributed by atoms with van der Waals surface area (Å²) in [7, 11) is -1.84. The Kier molecular flexibility index (Phi) is 7.14. The highest BCUT2D eigenvalue weighted by Crippen LogP contribution is 2.20. The van der Waals surface area contributed by atoms with Crippen molar-refractivity contribution in [1.29, 1.82) is 0 Å². The number of aliphatic hydroxyl groups is 1. The first-order valence-corrected chi connectivity index (χ1v) is 8.65. The van der Waals surface area contributed by atoms with Crippen LogP contribution < -0.4 is 4.74 Å². The van der Waals surface area contributed by atoms with Crippen LogP contribution in [0.5, 0.6) is 5.75 Å². The van der Waals surface area contributed by atoms with Crippen LogP contribution in [-0.2, 0) is 10.0 Å². The van der Waals surface area contributed by atoms with E-state index in [9.17, 15) is 8.42 Å². The number of nitrogens with zero attached hydrogens (tertiary/aromatic N) is 1. The van der Waals surface area contributed by atoms with Gasteiger partial charge < -0.3 is 9.84 Å². The summed E-state index contributed by atoms with van der Waals surface area (Å²) in [5.74, 6) is 0.929. The third kappa shape index (κ3) is 5.30. The molecule has 1 atom stereocenters. The number of hydrogen-bond donors (Lipinski definition) is 1. The fourth-order valence-corrected chi connectivity index (χ4v) is 3.10. The molecule has 0 radical (unpaired) electrons. The topological polar surface area (TPSA) is 66.8 Å². The van der Waals surface area contributed by atoms with Crippen molar-refractivity contribution in [3.8, 4) is 5.75 Å². The van der Waals surface area contributed by atoms with E-state index in [1.165, 1.54) is 4.31 Å². The molecule has 0 saturated heterocycles. The zero-order valence-electron chi connectivity index (χ0n) is 12.9. The van der Waals surface area contributed by atoms with E-state index in [4.69, 9.17) is 9.84 Å². The van der Waals surface area contributed by atoms with Crippen LogP contribution in [0.25, 0.3) is 0 Å². The SMILES string of the molecule is CCC(C)CN(C)S(=O)(=O)c1ccc(OCCCO)cc1. The van der Waals surface area contributed by atoms with Crippen molar-refractivity contribution >= 4 is 10.0 Å². The number of sulfonamides is 1. The molecule has 0 heterocycles. The molecule has 0 aliphatic rings. The zero-order chi connectivity index (χ0) is 15.9. The van der Waals surface area contributed by atoms with Crippen LogP contribution in [0.3, 0.4) is 0 Å². The second-order valence-corrected chi connectivity index (χ2v) is 7.24. The first-order chi connectivity index (χ1) is 9.91. The maximum atomic E-state index is 12.4. The molecule has 1 aromatic carbocycles. The first-order valence-electron chi connectivity index (χ1n) is 7.21. The Hall–Kier alpha value is -1.11. The molecule has 0 fully saturated rings. The highest BCUT2D eigenvalue weighted by molar-refractivity contribution is 7.89. The van der Waals surface area contributed by atoms with Crippen LogP contribution in [0, 0.1) is 5.92 Å². The number of hydrogen-bond acceptors (Lipinski definition) is 4. The fraction of sp³-hybridized carbons (Fsp3) is 0.600. The monoisotopic (exact) mass is 315 g/mol. The molecule has 0 aromatic heterocycles. The number of ether oxygens (including phenoxy) is 1. The zero-order valence-corrected chi connectivity index (χ0v) is 13.8. The third-order valence-corrected chi connectivity index (χ3v) is 5.21. The Labute approximate surface area is 127 Å². The van der Waals surface area contributed by atoms with Crippen molar-refractivity contribution in [2.75, 3.05) is 26.8 Å². The Morgan fingerprint density at radius 3 is 2.43 bits per heavy atom. The second-order valence-electron chi connectivity index (χ2n) is 5.20. The molecule has 1 aromatic rings. The lowest BCUT2D eigenvalue weighted by Crippen LogP contribution is -2.31. The van der Waals surface area contributed by atoms with Crippen LogP contribution in [0.15, 0.2) is 29.2 Å². The van der Waals surface area contributed by atoms with Crippen molar-refractivity contribution in [1.82, 2.24) is 4.31 Å². The second kappa shape index (κ2) is 8.36. The molecule has 0 aliphatic heterocycles. The van der Waals surface area contributed by atoms with Crippen molar-refractivity contribution in [3.05, 3.63) is 24.3 Å². The van der Waals surface area contributed by atoms with Crippen molar-refractivity contribution in [2.45, 2.75) is 31.6 Å². The van der Waals surface area contributed by atoms with Gasteiger partial charge in [0.2, 0.25) is 10.0 Å². The smallest absolute Gasteiger partial charge is 0.242 e. The van der Waals surface area contributed by atoms with E-state index >= 15 is 0 Å². The molecule has 6 heteroatoms. The van der Waals surface area contributed by atoms with Crippen LogP contribution in [0.1, 0.15) is 26.7 Å². The summed E-state index contributed by atoms with van der Waals surface area (Å²) >= 11 is 0. The average molecular weight is 315 g/mol. The number of aliphatic hydroxyl groups excluding tert-OH is 1. The Morgan fingerprint density at radius 1 is 1.29 bits per heavy atom. The van der Waals surface area contributed by atoms with Gasteiger partial charge >= 0.3 is 0 Å². The summed E-state index contributed by atoms with van der Waals surface area (Å²) in [5.41, 5.74) is 0. The van der Waals surface area contributed by atoms with E-state index in [0.717, 1.165) is 6.42 Å². The predicted octanol–water partition coefficient (Wildman–Crippen LogP) is 2.11. The lowest BCUT2D eigenvalue weighted by atomic mass is 10.1. The summed E-state index contributed by atoms with van der Waals surface area (Å²) in [5, 5.41) is 8.68. The highest BCUT2D eigenvalue weighted by Gasteiger charge is 2.21. The predicted molar refractivity (Wildman–Crippen MR) is 82.9 cm³/mol. The van der Waals surface area contributed by atoms with Crippen LogP contribution in [-0.4, -0.2) is 44.6 Å². The Morgan fingerprint density at radius 2 is 1.90 bits per heavy atom. The molecule has 21 heavy (non-hydrogen) atoms. The summed E-state index contributed by atoms with van der Waals surface area (Å²) in [6, 6.07) is 6.39. The Bertz CT molecular complexity index is 513. The van der Waals surface area contributed by atoms with Gasteiger partial charge in [-0.1, -0.05) is 20.3 Å². The first kappa shape index (κ1) is 17.9. The summed E-state index contributed by atoms with van der Waals surface area (Å²) in [4.78, 5) is 0.266. The molecule has 1 rings (SSSR count). The number of benzene rings is 1. The molecule has 0 saturated carbocycles. The molecule has 1 N–H and O–H groups in total. The van der Waals surface area contributed by atoms with Crippen molar-refractivity contribution < 1.29 is 18.3 Å². The van der Waals surface area contributed by atoms with Gasteiger partial charge in [-0.15, -0.1) is 0 Å². The summed E-state index contributed by atoms with van der Waals surface area (Å²) in [6.07, 6.45) is 1.50. The van der Waals surface area contributed by atoms with E-state index in [-0.39, 0.29) is 11.5 Å². The molecule has 0 bridgehead atoms. The summed E-state index contributed by atoms with van der Waals surface area (Å²) in [6.45, 7) is 5.07. The molecule has 0 amide bonds. The standard InChI is InChI=1S/C15H25NO4S/c1-4-13(2)12-16(3)21(18,19)15-8-6-14(7-9-15)20-11-5-10-17/h6-9,13,17H,4-5,10-12H2,1-3H3. The largest absolute Gasteiger partial charge is 0.494 e. The minimum Gasteiger partial charge on any atom is -0.494 e. The normalized spacial score (nSPS) is 13.4. The van der Waals surface area contributed by atoms with E-state index in [1.54, 1.807) is 31.3 Å². The molecule has 1 unspecified atom stereocenters. The molecular formula is C15H25NO4S. The van der Waals surface area contributed by atoms with Crippen molar-refractivity contribution in [3.63, 3.8) is 0 Å². The molecule has 0 aliphatic carbocycles. The van der Waals surface area contributed by atoms with Gasteiger partial charge in [-0.2, -0.15) is 0 Å². The lowest BCUT2D eigenvalue weighted by molar-refractivity contribution is 0.233. The van der Waals surface area contributed by atoms with Crippen LogP contribution in [0.4, 0.5) is 0 Å². The van der Waals surface area contributed by atoms with E-state index < -0.39 is 10.0 Å².